The van der Waals surface area contributed by atoms with Crippen LogP contribution in [0.2, 0.25) is 5.02 Å². The largest absolute Gasteiger partial charge is 0.385 e. The molecule has 4 nitrogen and oxygen atoms in total. The highest BCUT2D eigenvalue weighted by atomic mass is 35.5. The van der Waals surface area contributed by atoms with Gasteiger partial charge in [-0.1, -0.05) is 30.7 Å². The van der Waals surface area contributed by atoms with Gasteiger partial charge in [0.05, 0.1) is 0 Å². The molecule has 1 saturated heterocycles. The van der Waals surface area contributed by atoms with E-state index in [0.717, 1.165) is 49.6 Å². The summed E-state index contributed by atoms with van der Waals surface area (Å²) in [7, 11) is 0. The van der Waals surface area contributed by atoms with Crippen LogP contribution in [0.25, 0.3) is 0 Å². The molecule has 3 rings (SSSR count). The first-order valence-electron chi connectivity index (χ1n) is 8.85. The molecule has 1 aromatic heterocycles. The zero-order valence-corrected chi connectivity index (χ0v) is 15.3. The fourth-order valence-electron chi connectivity index (χ4n) is 3.03. The molecule has 132 valence electrons. The number of pyridine rings is 1. The van der Waals surface area contributed by atoms with E-state index in [9.17, 15) is 4.79 Å². The average Bonchev–Trinajstić information content (AvgIpc) is 2.64. The third-order valence-corrected chi connectivity index (χ3v) is 4.96. The number of rotatable bonds is 5. The van der Waals surface area contributed by atoms with Crippen LogP contribution in [0.4, 0.5) is 5.69 Å². The minimum atomic E-state index is 0.0354. The predicted octanol–water partition coefficient (Wildman–Crippen LogP) is 4.26. The summed E-state index contributed by atoms with van der Waals surface area (Å²) in [5.41, 5.74) is 2.67. The lowest BCUT2D eigenvalue weighted by molar-refractivity contribution is 0.0691. The van der Waals surface area contributed by atoms with Crippen molar-refractivity contribution in [3.05, 3.63) is 58.9 Å². The van der Waals surface area contributed by atoms with Gasteiger partial charge in [0.25, 0.3) is 5.91 Å². The molecule has 5 heteroatoms. The molecule has 2 heterocycles. The van der Waals surface area contributed by atoms with E-state index < -0.39 is 0 Å². The van der Waals surface area contributed by atoms with Crippen molar-refractivity contribution >= 4 is 23.2 Å². The first-order chi connectivity index (χ1) is 12.1. The molecule has 2 aromatic rings. The topological polar surface area (TPSA) is 45.2 Å². The van der Waals surface area contributed by atoms with Gasteiger partial charge in [-0.2, -0.15) is 0 Å². The lowest BCUT2D eigenvalue weighted by Gasteiger charge is -2.30. The van der Waals surface area contributed by atoms with Crippen LogP contribution in [0.15, 0.2) is 42.6 Å². The van der Waals surface area contributed by atoms with Crippen LogP contribution in [0, 0.1) is 5.92 Å². The molecule has 0 unspecified atom stereocenters. The Morgan fingerprint density at radius 1 is 1.24 bits per heavy atom. The number of piperidine rings is 1. The maximum atomic E-state index is 12.6. The summed E-state index contributed by atoms with van der Waals surface area (Å²) in [4.78, 5) is 18.8. The van der Waals surface area contributed by atoms with Crippen molar-refractivity contribution in [1.82, 2.24) is 9.88 Å². The van der Waals surface area contributed by atoms with Gasteiger partial charge >= 0.3 is 0 Å². The number of anilines is 1. The quantitative estimate of drug-likeness (QED) is 0.869. The van der Waals surface area contributed by atoms with Crippen LogP contribution in [0.5, 0.6) is 0 Å². The Hall–Kier alpha value is -2.07. The highest BCUT2D eigenvalue weighted by molar-refractivity contribution is 6.30. The van der Waals surface area contributed by atoms with Crippen molar-refractivity contribution in [2.45, 2.75) is 26.2 Å². The monoisotopic (exact) mass is 357 g/mol. The normalized spacial score (nSPS) is 15.2. The lowest BCUT2D eigenvalue weighted by atomic mass is 9.99. The number of benzene rings is 1. The van der Waals surface area contributed by atoms with Crippen LogP contribution in [-0.2, 0) is 6.42 Å². The van der Waals surface area contributed by atoms with Gasteiger partial charge in [0.2, 0.25) is 0 Å². The molecule has 25 heavy (non-hydrogen) atoms. The van der Waals surface area contributed by atoms with Gasteiger partial charge in [0.15, 0.2) is 0 Å². The second-order valence-corrected chi connectivity index (χ2v) is 7.14. The summed E-state index contributed by atoms with van der Waals surface area (Å²) in [5.74, 6) is 0.742. The first-order valence-corrected chi connectivity index (χ1v) is 9.23. The first kappa shape index (κ1) is 17.7. The van der Waals surface area contributed by atoms with Gasteiger partial charge < -0.3 is 10.2 Å². The van der Waals surface area contributed by atoms with Gasteiger partial charge in [-0.05, 0) is 55.0 Å². The number of aromatic nitrogens is 1. The Balaban J connectivity index is 1.55. The summed E-state index contributed by atoms with van der Waals surface area (Å²) in [6.07, 6.45) is 4.74. The molecule has 0 spiro atoms. The Morgan fingerprint density at radius 3 is 2.68 bits per heavy atom. The highest BCUT2D eigenvalue weighted by Crippen LogP contribution is 2.18. The minimum absolute atomic E-state index is 0.0354. The molecular weight excluding hydrogens is 334 g/mol. The Kier molecular flexibility index (Phi) is 5.92. The Labute approximate surface area is 154 Å². The van der Waals surface area contributed by atoms with E-state index in [1.807, 2.05) is 41.3 Å². The van der Waals surface area contributed by atoms with Gasteiger partial charge in [-0.25, -0.2) is 0 Å². The molecule has 1 aliphatic rings. The average molecular weight is 358 g/mol. The van der Waals surface area contributed by atoms with Crippen LogP contribution < -0.4 is 5.32 Å². The molecule has 0 bridgehead atoms. The standard InChI is InChI=1S/C20H24ClN3O/c1-15-8-12-24(13-9-15)20(25)19-14-18(7-11-23-19)22-10-6-16-2-4-17(21)5-3-16/h2-5,7,11,14-15H,6,8-10,12-13H2,1H3,(H,22,23). The van der Waals surface area contributed by atoms with Gasteiger partial charge in [0.1, 0.15) is 5.69 Å². The zero-order valence-electron chi connectivity index (χ0n) is 14.5. The van der Waals surface area contributed by atoms with Crippen LogP contribution in [0.3, 0.4) is 0 Å². The van der Waals surface area contributed by atoms with Crippen LogP contribution in [0.1, 0.15) is 35.8 Å². The van der Waals surface area contributed by atoms with Crippen molar-refractivity contribution in [3.8, 4) is 0 Å². The van der Waals surface area contributed by atoms with Gasteiger partial charge in [-0.15, -0.1) is 0 Å². The molecule has 1 fully saturated rings. The van der Waals surface area contributed by atoms with Crippen molar-refractivity contribution in [3.63, 3.8) is 0 Å². The van der Waals surface area contributed by atoms with E-state index in [1.54, 1.807) is 6.20 Å². The second-order valence-electron chi connectivity index (χ2n) is 6.71. The maximum absolute atomic E-state index is 12.6. The van der Waals surface area contributed by atoms with Crippen molar-refractivity contribution in [2.24, 2.45) is 5.92 Å². The Bertz CT molecular complexity index is 709. The van der Waals surface area contributed by atoms with E-state index in [4.69, 9.17) is 11.6 Å². The third-order valence-electron chi connectivity index (χ3n) is 4.71. The molecule has 1 amide bonds. The maximum Gasteiger partial charge on any atom is 0.272 e. The molecule has 0 aliphatic carbocycles. The minimum Gasteiger partial charge on any atom is -0.385 e. The second kappa shape index (κ2) is 8.34. The van der Waals surface area contributed by atoms with E-state index in [2.05, 4.69) is 17.2 Å². The predicted molar refractivity (Wildman–Crippen MR) is 102 cm³/mol. The van der Waals surface area contributed by atoms with Crippen molar-refractivity contribution in [1.29, 1.82) is 0 Å². The van der Waals surface area contributed by atoms with E-state index >= 15 is 0 Å². The number of halogens is 1. The molecular formula is C20H24ClN3O. The molecule has 1 aliphatic heterocycles. The highest BCUT2D eigenvalue weighted by Gasteiger charge is 2.22. The SMILES string of the molecule is CC1CCN(C(=O)c2cc(NCCc3ccc(Cl)cc3)ccn2)CC1. The number of amides is 1. The number of nitrogens with zero attached hydrogens (tertiary/aromatic N) is 2. The summed E-state index contributed by atoms with van der Waals surface area (Å²) in [5, 5.41) is 4.12. The number of nitrogens with one attached hydrogen (secondary N) is 1. The van der Waals surface area contributed by atoms with Gasteiger partial charge in [-0.3, -0.25) is 9.78 Å². The molecule has 0 saturated carbocycles. The molecule has 1 N–H and O–H groups in total. The molecule has 1 aromatic carbocycles. The number of likely N-dealkylation sites (tertiary alicyclic amines) is 1. The summed E-state index contributed by atoms with van der Waals surface area (Å²) in [6, 6.07) is 11.6. The van der Waals surface area contributed by atoms with Crippen LogP contribution in [-0.4, -0.2) is 35.4 Å². The van der Waals surface area contributed by atoms with E-state index in [0.29, 0.717) is 11.6 Å². The fraction of sp³-hybridized carbons (Fsp3) is 0.400. The van der Waals surface area contributed by atoms with E-state index in [-0.39, 0.29) is 5.91 Å². The number of hydrogen-bond acceptors (Lipinski definition) is 3. The molecule has 0 atom stereocenters. The Morgan fingerprint density at radius 2 is 1.96 bits per heavy atom. The van der Waals surface area contributed by atoms with Crippen LogP contribution >= 0.6 is 11.6 Å². The lowest BCUT2D eigenvalue weighted by Crippen LogP contribution is -2.38. The fourth-order valence-corrected chi connectivity index (χ4v) is 3.16. The smallest absolute Gasteiger partial charge is 0.272 e. The number of carbonyl (C=O) groups excluding carboxylic acids is 1. The summed E-state index contributed by atoms with van der Waals surface area (Å²) in [6.45, 7) is 4.69. The van der Waals surface area contributed by atoms with Gasteiger partial charge in [0, 0.05) is 36.5 Å². The number of carbonyl (C=O) groups is 1. The summed E-state index contributed by atoms with van der Waals surface area (Å²) >= 11 is 5.90. The zero-order chi connectivity index (χ0) is 17.6. The molecule has 0 radical (unpaired) electrons. The summed E-state index contributed by atoms with van der Waals surface area (Å²) < 4.78 is 0. The number of hydrogen-bond donors (Lipinski definition) is 1. The van der Waals surface area contributed by atoms with E-state index in [1.165, 1.54) is 5.56 Å². The van der Waals surface area contributed by atoms with Crippen molar-refractivity contribution in [2.75, 3.05) is 25.0 Å². The third kappa shape index (κ3) is 4.95. The van der Waals surface area contributed by atoms with Crippen molar-refractivity contribution < 1.29 is 4.79 Å².